The van der Waals surface area contributed by atoms with Crippen molar-refractivity contribution < 1.29 is 9.50 Å². The van der Waals surface area contributed by atoms with Gasteiger partial charge in [-0.3, -0.25) is 0 Å². The number of benzene rings is 1. The number of aliphatic hydroxyl groups is 1. The maximum absolute atomic E-state index is 13.2. The van der Waals surface area contributed by atoms with Gasteiger partial charge in [0.1, 0.15) is 5.82 Å². The van der Waals surface area contributed by atoms with Gasteiger partial charge in [0.2, 0.25) is 0 Å². The summed E-state index contributed by atoms with van der Waals surface area (Å²) in [7, 11) is 0. The van der Waals surface area contributed by atoms with E-state index in [-0.39, 0.29) is 11.9 Å². The maximum Gasteiger partial charge on any atom is 0.126 e. The molecular formula is C12H15FO. The van der Waals surface area contributed by atoms with E-state index in [1.165, 1.54) is 6.07 Å². The van der Waals surface area contributed by atoms with Crippen LogP contribution in [0, 0.1) is 18.7 Å². The van der Waals surface area contributed by atoms with Gasteiger partial charge in [-0.15, -0.1) is 0 Å². The van der Waals surface area contributed by atoms with Crippen LogP contribution in [0.25, 0.3) is 0 Å². The van der Waals surface area contributed by atoms with Crippen LogP contribution in [0.5, 0.6) is 0 Å². The Hall–Kier alpha value is -0.890. The van der Waals surface area contributed by atoms with Crippen molar-refractivity contribution >= 4 is 0 Å². The maximum atomic E-state index is 13.2. The first-order valence-electron chi connectivity index (χ1n) is 5.04. The first kappa shape index (κ1) is 9.66. The van der Waals surface area contributed by atoms with Crippen molar-refractivity contribution in [1.29, 1.82) is 0 Å². The molecule has 14 heavy (non-hydrogen) atoms. The van der Waals surface area contributed by atoms with Crippen molar-refractivity contribution in [1.82, 2.24) is 0 Å². The van der Waals surface area contributed by atoms with Crippen LogP contribution < -0.4 is 0 Å². The van der Waals surface area contributed by atoms with E-state index in [1.807, 2.05) is 13.0 Å². The Morgan fingerprint density at radius 3 is 2.79 bits per heavy atom. The lowest BCUT2D eigenvalue weighted by Crippen LogP contribution is -2.04. The highest BCUT2D eigenvalue weighted by molar-refractivity contribution is 5.34. The van der Waals surface area contributed by atoms with Gasteiger partial charge in [0.05, 0.1) is 6.10 Å². The minimum atomic E-state index is -0.275. The van der Waals surface area contributed by atoms with E-state index in [9.17, 15) is 9.50 Å². The summed E-state index contributed by atoms with van der Waals surface area (Å²) in [6.07, 6.45) is 0.713. The van der Waals surface area contributed by atoms with Gasteiger partial charge in [-0.2, -0.15) is 0 Å². The molecule has 1 aromatic rings. The molecule has 1 aliphatic carbocycles. The predicted octanol–water partition coefficient (Wildman–Crippen LogP) is 2.62. The third-order valence-corrected chi connectivity index (χ3v) is 3.17. The van der Waals surface area contributed by atoms with Crippen molar-refractivity contribution in [3.05, 3.63) is 35.1 Å². The van der Waals surface area contributed by atoms with E-state index < -0.39 is 0 Å². The lowest BCUT2D eigenvalue weighted by Gasteiger charge is -2.07. The van der Waals surface area contributed by atoms with E-state index in [0.29, 0.717) is 11.8 Å². The minimum absolute atomic E-state index is 0.140. The molecule has 2 heteroatoms. The van der Waals surface area contributed by atoms with Gasteiger partial charge in [0.25, 0.3) is 0 Å². The molecule has 0 aliphatic heterocycles. The molecule has 2 rings (SSSR count). The molecule has 1 aromatic carbocycles. The minimum Gasteiger partial charge on any atom is -0.393 e. The fourth-order valence-corrected chi connectivity index (χ4v) is 2.13. The van der Waals surface area contributed by atoms with Crippen LogP contribution in [0.2, 0.25) is 0 Å². The SMILES string of the molecule is Cc1c(F)cccc1[C@@H]1C[C@H]1[C@@H](C)O. The lowest BCUT2D eigenvalue weighted by molar-refractivity contribution is 0.169. The highest BCUT2D eigenvalue weighted by Crippen LogP contribution is 2.50. The molecule has 0 heterocycles. The molecule has 1 N–H and O–H groups in total. The zero-order valence-electron chi connectivity index (χ0n) is 8.50. The zero-order valence-corrected chi connectivity index (χ0v) is 8.50. The van der Waals surface area contributed by atoms with Crippen molar-refractivity contribution in [2.45, 2.75) is 32.3 Å². The molecule has 1 fully saturated rings. The Kier molecular flexibility index (Phi) is 2.31. The summed E-state index contributed by atoms with van der Waals surface area (Å²) in [5, 5.41) is 9.39. The molecule has 0 bridgehead atoms. The Bertz CT molecular complexity index is 346. The third-order valence-electron chi connectivity index (χ3n) is 3.17. The first-order chi connectivity index (χ1) is 6.61. The van der Waals surface area contributed by atoms with Crippen LogP contribution in [0.4, 0.5) is 4.39 Å². The molecule has 3 atom stereocenters. The predicted molar refractivity (Wildman–Crippen MR) is 53.7 cm³/mol. The average molecular weight is 194 g/mol. The zero-order chi connectivity index (χ0) is 10.3. The molecule has 1 saturated carbocycles. The Morgan fingerprint density at radius 2 is 2.21 bits per heavy atom. The van der Waals surface area contributed by atoms with E-state index in [0.717, 1.165) is 17.5 Å². The second kappa shape index (κ2) is 3.35. The van der Waals surface area contributed by atoms with Gasteiger partial charge in [-0.25, -0.2) is 4.39 Å². The number of hydrogen-bond donors (Lipinski definition) is 1. The summed E-state index contributed by atoms with van der Waals surface area (Å²) in [4.78, 5) is 0. The number of aliphatic hydroxyl groups excluding tert-OH is 1. The molecule has 0 amide bonds. The fraction of sp³-hybridized carbons (Fsp3) is 0.500. The van der Waals surface area contributed by atoms with Crippen LogP contribution in [0.3, 0.4) is 0 Å². The summed E-state index contributed by atoms with van der Waals surface area (Å²) >= 11 is 0. The standard InChI is InChI=1S/C12H15FO/c1-7-9(4-3-5-12(7)13)11-6-10(11)8(2)14/h3-5,8,10-11,14H,6H2,1-2H3/t8-,10+,11+/m1/s1. The van der Waals surface area contributed by atoms with E-state index in [4.69, 9.17) is 0 Å². The summed E-state index contributed by atoms with van der Waals surface area (Å²) in [6.45, 7) is 3.61. The summed E-state index contributed by atoms with van der Waals surface area (Å²) < 4.78 is 13.2. The number of rotatable bonds is 2. The van der Waals surface area contributed by atoms with Crippen molar-refractivity contribution in [3.63, 3.8) is 0 Å². The van der Waals surface area contributed by atoms with Gasteiger partial charge in [0.15, 0.2) is 0 Å². The lowest BCUT2D eigenvalue weighted by atomic mass is 10.0. The smallest absolute Gasteiger partial charge is 0.126 e. The Labute approximate surface area is 83.6 Å². The van der Waals surface area contributed by atoms with Crippen LogP contribution >= 0.6 is 0 Å². The second-order valence-electron chi connectivity index (χ2n) is 4.20. The largest absolute Gasteiger partial charge is 0.393 e. The van der Waals surface area contributed by atoms with Crippen LogP contribution in [0.1, 0.15) is 30.4 Å². The normalized spacial score (nSPS) is 27.4. The average Bonchev–Trinajstić information content (AvgIpc) is 2.89. The van der Waals surface area contributed by atoms with E-state index in [1.54, 1.807) is 13.0 Å². The van der Waals surface area contributed by atoms with Gasteiger partial charge in [0, 0.05) is 0 Å². The third kappa shape index (κ3) is 1.55. The molecule has 1 aliphatic rings. The highest BCUT2D eigenvalue weighted by Gasteiger charge is 2.42. The molecule has 0 radical (unpaired) electrons. The summed E-state index contributed by atoms with van der Waals surface area (Å²) in [5.74, 6) is 0.556. The molecule has 0 saturated heterocycles. The van der Waals surface area contributed by atoms with Crippen LogP contribution in [0.15, 0.2) is 18.2 Å². The van der Waals surface area contributed by atoms with Crippen LogP contribution in [-0.2, 0) is 0 Å². The monoisotopic (exact) mass is 194 g/mol. The number of halogens is 1. The second-order valence-corrected chi connectivity index (χ2v) is 4.20. The Balaban J connectivity index is 2.23. The molecule has 76 valence electrons. The summed E-state index contributed by atoms with van der Waals surface area (Å²) in [5.41, 5.74) is 1.80. The Morgan fingerprint density at radius 1 is 1.50 bits per heavy atom. The van der Waals surface area contributed by atoms with Gasteiger partial charge >= 0.3 is 0 Å². The van der Waals surface area contributed by atoms with Crippen molar-refractivity contribution in [2.75, 3.05) is 0 Å². The molecule has 0 unspecified atom stereocenters. The molecule has 0 aromatic heterocycles. The van der Waals surface area contributed by atoms with Crippen molar-refractivity contribution in [3.8, 4) is 0 Å². The van der Waals surface area contributed by atoms with Gasteiger partial charge < -0.3 is 5.11 Å². The van der Waals surface area contributed by atoms with E-state index in [2.05, 4.69) is 0 Å². The van der Waals surface area contributed by atoms with Gasteiger partial charge in [-0.05, 0) is 49.3 Å². The van der Waals surface area contributed by atoms with E-state index >= 15 is 0 Å². The van der Waals surface area contributed by atoms with Crippen molar-refractivity contribution in [2.24, 2.45) is 5.92 Å². The molecular weight excluding hydrogens is 179 g/mol. The van der Waals surface area contributed by atoms with Crippen LogP contribution in [-0.4, -0.2) is 11.2 Å². The first-order valence-corrected chi connectivity index (χ1v) is 5.04. The van der Waals surface area contributed by atoms with Gasteiger partial charge in [-0.1, -0.05) is 12.1 Å². The topological polar surface area (TPSA) is 20.2 Å². The highest BCUT2D eigenvalue weighted by atomic mass is 19.1. The summed E-state index contributed by atoms with van der Waals surface area (Å²) in [6, 6.07) is 5.19. The molecule has 0 spiro atoms. The fourth-order valence-electron chi connectivity index (χ4n) is 2.13. The quantitative estimate of drug-likeness (QED) is 0.767. The number of hydrogen-bond acceptors (Lipinski definition) is 1. The molecule has 1 nitrogen and oxygen atoms in total.